The maximum Gasteiger partial charge on any atom is 0.0687 e. The summed E-state index contributed by atoms with van der Waals surface area (Å²) in [5.41, 5.74) is -0.220. The molecule has 0 aromatic carbocycles. The largest absolute Gasteiger partial charge is 0.198 e. The number of nitrogens with zero attached hydrogens (tertiary/aromatic N) is 1. The van der Waals surface area contributed by atoms with Gasteiger partial charge in [-0.25, -0.2) is 0 Å². The predicted octanol–water partition coefficient (Wildman–Crippen LogP) is 2.11. The zero-order chi connectivity index (χ0) is 6.62. The van der Waals surface area contributed by atoms with Crippen LogP contribution in [0.15, 0.2) is 12.7 Å². The van der Waals surface area contributed by atoms with Crippen LogP contribution in [0.4, 0.5) is 0 Å². The number of hydrogen-bond donors (Lipinski definition) is 0. The minimum atomic E-state index is -0.220. The Bertz CT molecular complexity index is 117. The van der Waals surface area contributed by atoms with Crippen molar-refractivity contribution in [2.45, 2.75) is 20.3 Å². The molecule has 0 aliphatic carbocycles. The van der Waals surface area contributed by atoms with E-state index in [1.54, 1.807) is 6.08 Å². The third-order valence-corrected chi connectivity index (χ3v) is 0.957. The smallest absolute Gasteiger partial charge is 0.0687 e. The fourth-order valence-electron chi connectivity index (χ4n) is 0.406. The molecule has 0 aromatic rings. The number of allylic oxidation sites excluding steroid dienone is 1. The van der Waals surface area contributed by atoms with Crippen LogP contribution in [0.2, 0.25) is 0 Å². The number of nitriles is 1. The molecule has 0 N–H and O–H groups in total. The van der Waals surface area contributed by atoms with Crippen molar-refractivity contribution in [3.8, 4) is 6.07 Å². The van der Waals surface area contributed by atoms with E-state index in [-0.39, 0.29) is 5.41 Å². The first-order chi connectivity index (χ1) is 3.62. The van der Waals surface area contributed by atoms with E-state index in [2.05, 4.69) is 12.6 Å². The van der Waals surface area contributed by atoms with Crippen molar-refractivity contribution in [1.82, 2.24) is 0 Å². The molecule has 0 unspecified atom stereocenters. The lowest BCUT2D eigenvalue weighted by molar-refractivity contribution is 0.505. The van der Waals surface area contributed by atoms with Gasteiger partial charge in [-0.1, -0.05) is 6.08 Å². The summed E-state index contributed by atoms with van der Waals surface area (Å²) in [6, 6.07) is 2.17. The molecule has 0 aliphatic rings. The molecule has 0 fully saturated rings. The van der Waals surface area contributed by atoms with E-state index in [4.69, 9.17) is 5.26 Å². The summed E-state index contributed by atoms with van der Waals surface area (Å²) >= 11 is 0. The molecule has 0 radical (unpaired) electrons. The van der Waals surface area contributed by atoms with Crippen LogP contribution in [0.5, 0.6) is 0 Å². The summed E-state index contributed by atoms with van der Waals surface area (Å²) in [4.78, 5) is 0. The third-order valence-electron chi connectivity index (χ3n) is 0.957. The first-order valence-electron chi connectivity index (χ1n) is 2.64. The molecule has 44 valence electrons. The van der Waals surface area contributed by atoms with E-state index >= 15 is 0 Å². The minimum absolute atomic E-state index is 0.220. The van der Waals surface area contributed by atoms with Crippen molar-refractivity contribution in [3.63, 3.8) is 0 Å². The van der Waals surface area contributed by atoms with E-state index in [0.717, 1.165) is 6.42 Å². The lowest BCUT2D eigenvalue weighted by Crippen LogP contribution is -2.04. The highest BCUT2D eigenvalue weighted by molar-refractivity contribution is 4.95. The molecule has 0 spiro atoms. The lowest BCUT2D eigenvalue weighted by Gasteiger charge is -2.09. The van der Waals surface area contributed by atoms with Crippen molar-refractivity contribution in [2.24, 2.45) is 5.41 Å². The molecule has 0 amide bonds. The lowest BCUT2D eigenvalue weighted by atomic mass is 9.92. The predicted molar refractivity (Wildman–Crippen MR) is 34.2 cm³/mol. The summed E-state index contributed by atoms with van der Waals surface area (Å²) in [7, 11) is 0. The van der Waals surface area contributed by atoms with Crippen molar-refractivity contribution in [3.05, 3.63) is 12.7 Å². The van der Waals surface area contributed by atoms with E-state index < -0.39 is 0 Å². The van der Waals surface area contributed by atoms with Gasteiger partial charge in [0.25, 0.3) is 0 Å². The van der Waals surface area contributed by atoms with Crippen LogP contribution in [0, 0.1) is 16.7 Å². The maximum absolute atomic E-state index is 8.43. The van der Waals surface area contributed by atoms with Gasteiger partial charge in [-0.3, -0.25) is 0 Å². The van der Waals surface area contributed by atoms with E-state index in [1.165, 1.54) is 0 Å². The second-order valence-electron chi connectivity index (χ2n) is 2.49. The molecule has 0 aromatic heterocycles. The summed E-state index contributed by atoms with van der Waals surface area (Å²) in [5, 5.41) is 8.43. The highest BCUT2D eigenvalue weighted by Crippen LogP contribution is 2.17. The first kappa shape index (κ1) is 7.23. The molecule has 0 atom stereocenters. The summed E-state index contributed by atoms with van der Waals surface area (Å²) in [6.45, 7) is 7.34. The van der Waals surface area contributed by atoms with Gasteiger partial charge in [-0.05, 0) is 20.3 Å². The van der Waals surface area contributed by atoms with Crippen LogP contribution in [-0.4, -0.2) is 0 Å². The molecule has 0 heterocycles. The van der Waals surface area contributed by atoms with Gasteiger partial charge in [-0.15, -0.1) is 6.58 Å². The highest BCUT2D eigenvalue weighted by Gasteiger charge is 2.12. The van der Waals surface area contributed by atoms with Gasteiger partial charge < -0.3 is 0 Å². The van der Waals surface area contributed by atoms with Gasteiger partial charge in [0.05, 0.1) is 11.5 Å². The monoisotopic (exact) mass is 109 g/mol. The van der Waals surface area contributed by atoms with Gasteiger partial charge in [0.1, 0.15) is 0 Å². The van der Waals surface area contributed by atoms with Crippen molar-refractivity contribution in [2.75, 3.05) is 0 Å². The van der Waals surface area contributed by atoms with E-state index in [0.29, 0.717) is 0 Å². The molecule has 8 heavy (non-hydrogen) atoms. The molecular formula is C7H11N. The summed E-state index contributed by atoms with van der Waals surface area (Å²) in [5.74, 6) is 0. The molecule has 0 rings (SSSR count). The van der Waals surface area contributed by atoms with Crippen molar-refractivity contribution < 1.29 is 0 Å². The Morgan fingerprint density at radius 2 is 2.25 bits per heavy atom. The normalized spacial score (nSPS) is 10.1. The summed E-state index contributed by atoms with van der Waals surface area (Å²) < 4.78 is 0. The van der Waals surface area contributed by atoms with Gasteiger partial charge in [0.15, 0.2) is 0 Å². The van der Waals surface area contributed by atoms with Gasteiger partial charge in [-0.2, -0.15) is 5.26 Å². The SMILES string of the molecule is C=CCC(C)(C)C#N. The zero-order valence-electron chi connectivity index (χ0n) is 5.44. The number of rotatable bonds is 2. The highest BCUT2D eigenvalue weighted by atomic mass is 14.3. The van der Waals surface area contributed by atoms with Crippen LogP contribution in [-0.2, 0) is 0 Å². The molecular weight excluding hydrogens is 98.1 g/mol. The van der Waals surface area contributed by atoms with E-state index in [1.807, 2.05) is 13.8 Å². The Kier molecular flexibility index (Phi) is 2.27. The average Bonchev–Trinajstić information content (AvgIpc) is 1.67. The van der Waals surface area contributed by atoms with Gasteiger partial charge in [0.2, 0.25) is 0 Å². The maximum atomic E-state index is 8.43. The fraction of sp³-hybridized carbons (Fsp3) is 0.571. The molecule has 0 saturated heterocycles. The van der Waals surface area contributed by atoms with Crippen LogP contribution in [0.25, 0.3) is 0 Å². The van der Waals surface area contributed by atoms with Crippen molar-refractivity contribution >= 4 is 0 Å². The fourth-order valence-corrected chi connectivity index (χ4v) is 0.406. The standard InChI is InChI=1S/C7H11N/c1-4-5-7(2,3)6-8/h4H,1,5H2,2-3H3. The molecule has 0 saturated carbocycles. The second-order valence-corrected chi connectivity index (χ2v) is 2.49. The number of hydrogen-bond acceptors (Lipinski definition) is 1. The van der Waals surface area contributed by atoms with Crippen LogP contribution in [0.3, 0.4) is 0 Å². The van der Waals surface area contributed by atoms with Crippen molar-refractivity contribution in [1.29, 1.82) is 5.26 Å². The Morgan fingerprint density at radius 1 is 1.75 bits per heavy atom. The van der Waals surface area contributed by atoms with E-state index in [9.17, 15) is 0 Å². The van der Waals surface area contributed by atoms with Crippen LogP contribution in [0.1, 0.15) is 20.3 Å². The molecule has 1 nitrogen and oxygen atoms in total. The Hall–Kier alpha value is -0.770. The van der Waals surface area contributed by atoms with Crippen LogP contribution < -0.4 is 0 Å². The molecule has 0 bridgehead atoms. The quantitative estimate of drug-likeness (QED) is 0.498. The average molecular weight is 109 g/mol. The summed E-state index contributed by atoms with van der Waals surface area (Å²) in [6.07, 6.45) is 2.53. The Balaban J connectivity index is 3.76. The minimum Gasteiger partial charge on any atom is -0.198 e. The first-order valence-corrected chi connectivity index (χ1v) is 2.64. The topological polar surface area (TPSA) is 23.8 Å². The van der Waals surface area contributed by atoms with Gasteiger partial charge >= 0.3 is 0 Å². The van der Waals surface area contributed by atoms with Crippen LogP contribution >= 0.6 is 0 Å². The molecule has 0 aliphatic heterocycles. The zero-order valence-corrected chi connectivity index (χ0v) is 5.44. The Labute approximate surface area is 50.6 Å². The third kappa shape index (κ3) is 2.41. The second kappa shape index (κ2) is 2.52. The van der Waals surface area contributed by atoms with Gasteiger partial charge in [0, 0.05) is 0 Å². The Morgan fingerprint density at radius 3 is 2.38 bits per heavy atom. The molecule has 1 heteroatoms.